The van der Waals surface area contributed by atoms with Crippen LogP contribution in [0.3, 0.4) is 0 Å². The van der Waals surface area contributed by atoms with Gasteiger partial charge in [-0.1, -0.05) is 12.2 Å². The van der Waals surface area contributed by atoms with E-state index in [1.807, 2.05) is 23.6 Å². The molecule has 4 heteroatoms. The number of imidazole rings is 1. The van der Waals surface area contributed by atoms with Crippen LogP contribution in [0, 0.1) is 0 Å². The van der Waals surface area contributed by atoms with Crippen molar-refractivity contribution in [2.45, 2.75) is 13.5 Å². The highest BCUT2D eigenvalue weighted by Gasteiger charge is 2.08. The molecule has 2 N–H and O–H groups in total. The van der Waals surface area contributed by atoms with Crippen molar-refractivity contribution < 1.29 is 0 Å². The second-order valence-electron chi connectivity index (χ2n) is 3.80. The summed E-state index contributed by atoms with van der Waals surface area (Å²) in [6.45, 7) is 6.61. The van der Waals surface area contributed by atoms with E-state index >= 15 is 0 Å². The van der Waals surface area contributed by atoms with Crippen molar-refractivity contribution in [3.05, 3.63) is 43.0 Å². The average Bonchev–Trinajstić information content (AvgIpc) is 2.66. The lowest BCUT2D eigenvalue weighted by Crippen LogP contribution is -2.01. The molecule has 0 aromatic carbocycles. The quantitative estimate of drug-likeness (QED) is 0.796. The third kappa shape index (κ3) is 1.95. The van der Waals surface area contributed by atoms with E-state index in [1.165, 1.54) is 0 Å². The topological polar surface area (TPSA) is 56.7 Å². The molecule has 0 saturated carbocycles. The van der Waals surface area contributed by atoms with Crippen molar-refractivity contribution in [2.24, 2.45) is 0 Å². The molecule has 82 valence electrons. The number of pyridine rings is 1. The highest BCUT2D eigenvalue weighted by molar-refractivity contribution is 5.70. The Bertz CT molecular complexity index is 513. The minimum absolute atomic E-state index is 0.519. The zero-order chi connectivity index (χ0) is 11.5. The first-order chi connectivity index (χ1) is 7.68. The Morgan fingerprint density at radius 3 is 3.06 bits per heavy atom. The maximum atomic E-state index is 5.84. The monoisotopic (exact) mass is 214 g/mol. The summed E-state index contributed by atoms with van der Waals surface area (Å²) in [4.78, 5) is 8.20. The molecule has 0 fully saturated rings. The molecule has 0 amide bonds. The minimum Gasteiger partial charge on any atom is -0.383 e. The standard InChI is InChI=1S/C12H14N4/c1-9(2)7-16-8-14-6-11(16)10-4-3-5-15-12(10)13/h3-6,8H,1,7H2,2H3,(H2,13,15). The van der Waals surface area contributed by atoms with Gasteiger partial charge in [0.2, 0.25) is 0 Å². The summed E-state index contributed by atoms with van der Waals surface area (Å²) in [5.41, 5.74) is 8.78. The molecule has 0 atom stereocenters. The lowest BCUT2D eigenvalue weighted by Gasteiger charge is -2.09. The van der Waals surface area contributed by atoms with Crippen LogP contribution in [-0.4, -0.2) is 14.5 Å². The SMILES string of the molecule is C=C(C)Cn1cncc1-c1cccnc1N. The zero-order valence-electron chi connectivity index (χ0n) is 9.22. The average molecular weight is 214 g/mol. The molecule has 0 bridgehead atoms. The summed E-state index contributed by atoms with van der Waals surface area (Å²) in [5, 5.41) is 0. The van der Waals surface area contributed by atoms with Crippen LogP contribution in [-0.2, 0) is 6.54 Å². The lowest BCUT2D eigenvalue weighted by atomic mass is 10.2. The Morgan fingerprint density at radius 2 is 2.38 bits per heavy atom. The number of aromatic nitrogens is 3. The Kier molecular flexibility index (Phi) is 2.72. The van der Waals surface area contributed by atoms with Crippen LogP contribution in [0.1, 0.15) is 6.92 Å². The second-order valence-corrected chi connectivity index (χ2v) is 3.80. The summed E-state index contributed by atoms with van der Waals surface area (Å²) in [6.07, 6.45) is 5.24. The summed E-state index contributed by atoms with van der Waals surface area (Å²) < 4.78 is 2.01. The number of hydrogen-bond acceptors (Lipinski definition) is 3. The van der Waals surface area contributed by atoms with E-state index in [4.69, 9.17) is 5.73 Å². The van der Waals surface area contributed by atoms with Crippen LogP contribution in [0.15, 0.2) is 43.0 Å². The highest BCUT2D eigenvalue weighted by Crippen LogP contribution is 2.23. The molecule has 0 unspecified atom stereocenters. The predicted octanol–water partition coefficient (Wildman–Crippen LogP) is 2.10. The molecule has 2 aromatic rings. The summed E-state index contributed by atoms with van der Waals surface area (Å²) in [6, 6.07) is 3.80. The van der Waals surface area contributed by atoms with Gasteiger partial charge in [-0.15, -0.1) is 0 Å². The van der Waals surface area contributed by atoms with Gasteiger partial charge < -0.3 is 10.3 Å². The first-order valence-corrected chi connectivity index (χ1v) is 5.04. The fourth-order valence-electron chi connectivity index (χ4n) is 1.60. The van der Waals surface area contributed by atoms with Gasteiger partial charge in [-0.2, -0.15) is 0 Å². The molecule has 0 aliphatic carbocycles. The Balaban J connectivity index is 2.45. The van der Waals surface area contributed by atoms with E-state index < -0.39 is 0 Å². The summed E-state index contributed by atoms with van der Waals surface area (Å²) in [5.74, 6) is 0.519. The van der Waals surface area contributed by atoms with E-state index in [9.17, 15) is 0 Å². The largest absolute Gasteiger partial charge is 0.383 e. The molecule has 0 saturated heterocycles. The van der Waals surface area contributed by atoms with Gasteiger partial charge in [0.05, 0.1) is 18.2 Å². The van der Waals surface area contributed by atoms with Crippen LogP contribution in [0.4, 0.5) is 5.82 Å². The van der Waals surface area contributed by atoms with Gasteiger partial charge in [0, 0.05) is 18.3 Å². The number of allylic oxidation sites excluding steroid dienone is 1. The Hall–Kier alpha value is -2.10. The first-order valence-electron chi connectivity index (χ1n) is 5.04. The summed E-state index contributed by atoms with van der Waals surface area (Å²) in [7, 11) is 0. The third-order valence-corrected chi connectivity index (χ3v) is 2.27. The molecule has 0 aliphatic heterocycles. The molecular formula is C12H14N4. The molecule has 0 aliphatic rings. The van der Waals surface area contributed by atoms with Gasteiger partial charge in [0.15, 0.2) is 0 Å². The maximum Gasteiger partial charge on any atom is 0.132 e. The molecule has 0 radical (unpaired) electrons. The molecule has 0 spiro atoms. The number of hydrogen-bond donors (Lipinski definition) is 1. The molecule has 16 heavy (non-hydrogen) atoms. The van der Waals surface area contributed by atoms with Crippen molar-refractivity contribution in [2.75, 3.05) is 5.73 Å². The Labute approximate surface area is 94.5 Å². The van der Waals surface area contributed by atoms with E-state index in [0.29, 0.717) is 5.82 Å². The van der Waals surface area contributed by atoms with Crippen LogP contribution in [0.25, 0.3) is 11.3 Å². The molecule has 2 heterocycles. The minimum atomic E-state index is 0.519. The number of anilines is 1. The van der Waals surface area contributed by atoms with Crippen molar-refractivity contribution in [3.63, 3.8) is 0 Å². The van der Waals surface area contributed by atoms with Crippen molar-refractivity contribution in [1.29, 1.82) is 0 Å². The van der Waals surface area contributed by atoms with Crippen LogP contribution in [0.5, 0.6) is 0 Å². The number of nitrogens with two attached hydrogens (primary N) is 1. The van der Waals surface area contributed by atoms with Crippen LogP contribution >= 0.6 is 0 Å². The molecular weight excluding hydrogens is 200 g/mol. The second kappa shape index (κ2) is 4.18. The zero-order valence-corrected chi connectivity index (χ0v) is 9.22. The lowest BCUT2D eigenvalue weighted by molar-refractivity contribution is 0.792. The number of nitrogens with zero attached hydrogens (tertiary/aromatic N) is 3. The molecule has 2 rings (SSSR count). The first kappa shape index (κ1) is 10.4. The molecule has 2 aromatic heterocycles. The van der Waals surface area contributed by atoms with Crippen molar-refractivity contribution >= 4 is 5.82 Å². The van der Waals surface area contributed by atoms with Gasteiger partial charge in [-0.05, 0) is 19.1 Å². The highest BCUT2D eigenvalue weighted by atomic mass is 15.0. The van der Waals surface area contributed by atoms with E-state index in [1.54, 1.807) is 18.7 Å². The van der Waals surface area contributed by atoms with Gasteiger partial charge in [0.25, 0.3) is 0 Å². The predicted molar refractivity (Wildman–Crippen MR) is 64.7 cm³/mol. The van der Waals surface area contributed by atoms with Gasteiger partial charge >= 0.3 is 0 Å². The fraction of sp³-hybridized carbons (Fsp3) is 0.167. The van der Waals surface area contributed by atoms with Gasteiger partial charge in [0.1, 0.15) is 5.82 Å². The third-order valence-electron chi connectivity index (χ3n) is 2.27. The Morgan fingerprint density at radius 1 is 1.56 bits per heavy atom. The number of rotatable bonds is 3. The fourth-order valence-corrected chi connectivity index (χ4v) is 1.60. The van der Waals surface area contributed by atoms with Crippen molar-refractivity contribution in [1.82, 2.24) is 14.5 Å². The maximum absolute atomic E-state index is 5.84. The van der Waals surface area contributed by atoms with Crippen LogP contribution < -0.4 is 5.73 Å². The normalized spacial score (nSPS) is 10.3. The summed E-state index contributed by atoms with van der Waals surface area (Å²) >= 11 is 0. The smallest absolute Gasteiger partial charge is 0.132 e. The van der Waals surface area contributed by atoms with E-state index in [-0.39, 0.29) is 0 Å². The van der Waals surface area contributed by atoms with E-state index in [0.717, 1.165) is 23.4 Å². The van der Waals surface area contributed by atoms with Crippen molar-refractivity contribution in [3.8, 4) is 11.3 Å². The van der Waals surface area contributed by atoms with Gasteiger partial charge in [-0.25, -0.2) is 9.97 Å². The van der Waals surface area contributed by atoms with Gasteiger partial charge in [-0.3, -0.25) is 0 Å². The van der Waals surface area contributed by atoms with Crippen LogP contribution in [0.2, 0.25) is 0 Å². The molecule has 4 nitrogen and oxygen atoms in total. The van der Waals surface area contributed by atoms with E-state index in [2.05, 4.69) is 16.5 Å². The number of nitrogen functional groups attached to an aromatic ring is 1.